The smallest absolute Gasteiger partial charge is 0.163 e. The summed E-state index contributed by atoms with van der Waals surface area (Å²) in [5.74, 6) is 2.12. The predicted molar refractivity (Wildman–Crippen MR) is 174 cm³/mol. The Morgan fingerprint density at radius 2 is 1.42 bits per heavy atom. The molecule has 206 valence electrons. The lowest BCUT2D eigenvalue weighted by molar-refractivity contribution is 0.661. The first-order valence-electron chi connectivity index (χ1n) is 14.7. The van der Waals surface area contributed by atoms with Crippen molar-refractivity contribution in [3.63, 3.8) is 0 Å². The van der Waals surface area contributed by atoms with Gasteiger partial charge in [-0.1, -0.05) is 68.4 Å². The van der Waals surface area contributed by atoms with Gasteiger partial charge in [0.15, 0.2) is 5.82 Å². The monoisotopic (exact) mass is 556 g/mol. The SMILES string of the molecule is Cc1nc(C)nc(-c2cccc(-n3c4cc5c(cc4c4ccc6oc7ccccc7c6c43)C(C)(C)c3ccccc3-5)c2)n1. The molecule has 0 spiro atoms. The summed E-state index contributed by atoms with van der Waals surface area (Å²) in [6.07, 6.45) is 0. The van der Waals surface area contributed by atoms with E-state index in [2.05, 4.69) is 118 Å². The number of furan rings is 1. The average molecular weight is 557 g/mol. The molecule has 3 heterocycles. The molecule has 1 aliphatic carbocycles. The number of aryl methyl sites for hydroxylation is 2. The molecule has 0 unspecified atom stereocenters. The summed E-state index contributed by atoms with van der Waals surface area (Å²) in [6, 6.07) is 34.9. The molecule has 5 heteroatoms. The Kier molecular flexibility index (Phi) is 4.74. The maximum atomic E-state index is 6.39. The average Bonchev–Trinajstić information content (AvgIpc) is 3.62. The van der Waals surface area contributed by atoms with Gasteiger partial charge in [0.25, 0.3) is 0 Å². The molecule has 3 aromatic heterocycles. The Labute approximate surface area is 248 Å². The van der Waals surface area contributed by atoms with E-state index in [0.717, 1.165) is 38.7 Å². The van der Waals surface area contributed by atoms with Gasteiger partial charge in [0, 0.05) is 32.8 Å². The van der Waals surface area contributed by atoms with Crippen LogP contribution in [0.3, 0.4) is 0 Å². The van der Waals surface area contributed by atoms with Gasteiger partial charge in [-0.05, 0) is 78.6 Å². The summed E-state index contributed by atoms with van der Waals surface area (Å²) in [5, 5.41) is 4.69. The fourth-order valence-corrected chi connectivity index (χ4v) is 7.30. The summed E-state index contributed by atoms with van der Waals surface area (Å²) in [5.41, 5.74) is 11.4. The third-order valence-corrected chi connectivity index (χ3v) is 9.19. The summed E-state index contributed by atoms with van der Waals surface area (Å²) < 4.78 is 8.80. The highest BCUT2D eigenvalue weighted by atomic mass is 16.3. The standard InChI is InChI=1S/C38H28N4O/c1-21-39-22(2)41-37(40-21)23-10-9-11-24(18-23)42-32-20-28-25-12-5-7-14-30(25)38(3,4)31(28)19-29(32)26-16-17-34-35(36(26)42)27-13-6-8-15-33(27)43-34/h5-20H,1-4H3. The molecular weight excluding hydrogens is 528 g/mol. The molecule has 0 bridgehead atoms. The molecule has 0 aliphatic heterocycles. The van der Waals surface area contributed by atoms with Crippen molar-refractivity contribution < 1.29 is 4.42 Å². The summed E-state index contributed by atoms with van der Waals surface area (Å²) in [4.78, 5) is 13.7. The minimum absolute atomic E-state index is 0.0880. The first kappa shape index (κ1) is 24.3. The molecule has 5 nitrogen and oxygen atoms in total. The van der Waals surface area contributed by atoms with Crippen LogP contribution in [0.25, 0.3) is 71.9 Å². The molecule has 43 heavy (non-hydrogen) atoms. The van der Waals surface area contributed by atoms with E-state index in [1.165, 1.54) is 38.5 Å². The summed E-state index contributed by atoms with van der Waals surface area (Å²) >= 11 is 0. The van der Waals surface area contributed by atoms with Crippen LogP contribution in [0.2, 0.25) is 0 Å². The van der Waals surface area contributed by atoms with E-state index >= 15 is 0 Å². The van der Waals surface area contributed by atoms with Crippen LogP contribution in [0.1, 0.15) is 36.6 Å². The first-order valence-corrected chi connectivity index (χ1v) is 14.7. The van der Waals surface area contributed by atoms with E-state index in [0.29, 0.717) is 17.5 Å². The van der Waals surface area contributed by atoms with Gasteiger partial charge in [-0.25, -0.2) is 15.0 Å². The third-order valence-electron chi connectivity index (χ3n) is 9.19. The lowest BCUT2D eigenvalue weighted by atomic mass is 9.82. The maximum Gasteiger partial charge on any atom is 0.163 e. The summed E-state index contributed by atoms with van der Waals surface area (Å²) in [6.45, 7) is 8.50. The Hall–Kier alpha value is -5.29. The lowest BCUT2D eigenvalue weighted by Crippen LogP contribution is -2.14. The minimum atomic E-state index is -0.0880. The van der Waals surface area contributed by atoms with Gasteiger partial charge in [-0.2, -0.15) is 0 Å². The van der Waals surface area contributed by atoms with Crippen LogP contribution in [-0.4, -0.2) is 19.5 Å². The van der Waals surface area contributed by atoms with Gasteiger partial charge in [-0.15, -0.1) is 0 Å². The van der Waals surface area contributed by atoms with Gasteiger partial charge in [0.1, 0.15) is 22.8 Å². The van der Waals surface area contributed by atoms with E-state index in [4.69, 9.17) is 4.42 Å². The normalized spacial score (nSPS) is 13.8. The van der Waals surface area contributed by atoms with E-state index in [9.17, 15) is 0 Å². The molecule has 9 rings (SSSR count). The van der Waals surface area contributed by atoms with Crippen molar-refractivity contribution in [2.75, 3.05) is 0 Å². The van der Waals surface area contributed by atoms with Crippen molar-refractivity contribution in [1.82, 2.24) is 19.5 Å². The van der Waals surface area contributed by atoms with Gasteiger partial charge in [-0.3, -0.25) is 0 Å². The number of hydrogen-bond acceptors (Lipinski definition) is 4. The number of nitrogens with zero attached hydrogens (tertiary/aromatic N) is 4. The quantitative estimate of drug-likeness (QED) is 0.213. The molecule has 0 fully saturated rings. The van der Waals surface area contributed by atoms with E-state index in [-0.39, 0.29) is 5.41 Å². The zero-order valence-corrected chi connectivity index (χ0v) is 24.4. The minimum Gasteiger partial charge on any atom is -0.456 e. The second-order valence-electron chi connectivity index (χ2n) is 12.2. The Bertz CT molecular complexity index is 2440. The molecule has 5 aromatic carbocycles. The van der Waals surface area contributed by atoms with Crippen LogP contribution in [0, 0.1) is 13.8 Å². The zero-order chi connectivity index (χ0) is 29.0. The van der Waals surface area contributed by atoms with Crippen molar-refractivity contribution in [2.45, 2.75) is 33.1 Å². The van der Waals surface area contributed by atoms with Gasteiger partial charge < -0.3 is 8.98 Å². The number of hydrogen-bond donors (Lipinski definition) is 0. The van der Waals surface area contributed by atoms with Crippen molar-refractivity contribution >= 4 is 43.7 Å². The molecule has 0 atom stereocenters. The number of fused-ring (bicyclic) bond motifs is 10. The number of benzene rings is 5. The number of aromatic nitrogens is 4. The third kappa shape index (κ3) is 3.30. The molecule has 1 aliphatic rings. The van der Waals surface area contributed by atoms with E-state index < -0.39 is 0 Å². The van der Waals surface area contributed by atoms with Gasteiger partial charge in [0.2, 0.25) is 0 Å². The van der Waals surface area contributed by atoms with Crippen molar-refractivity contribution in [2.24, 2.45) is 0 Å². The molecule has 0 N–H and O–H groups in total. The summed E-state index contributed by atoms with van der Waals surface area (Å²) in [7, 11) is 0. The van der Waals surface area contributed by atoms with E-state index in [1.807, 2.05) is 26.0 Å². The highest BCUT2D eigenvalue weighted by Gasteiger charge is 2.36. The predicted octanol–water partition coefficient (Wildman–Crippen LogP) is 9.46. The lowest BCUT2D eigenvalue weighted by Gasteiger charge is -2.21. The zero-order valence-electron chi connectivity index (χ0n) is 24.4. The largest absolute Gasteiger partial charge is 0.456 e. The Morgan fingerprint density at radius 3 is 2.28 bits per heavy atom. The topological polar surface area (TPSA) is 56.7 Å². The fraction of sp³-hybridized carbons (Fsp3) is 0.132. The molecule has 8 aromatic rings. The van der Waals surface area contributed by atoms with Crippen LogP contribution in [0.15, 0.2) is 101 Å². The van der Waals surface area contributed by atoms with Gasteiger partial charge >= 0.3 is 0 Å². The van der Waals surface area contributed by atoms with Crippen LogP contribution >= 0.6 is 0 Å². The molecule has 0 amide bonds. The van der Waals surface area contributed by atoms with Crippen LogP contribution in [0.4, 0.5) is 0 Å². The highest BCUT2D eigenvalue weighted by molar-refractivity contribution is 6.25. The van der Waals surface area contributed by atoms with Crippen molar-refractivity contribution in [1.29, 1.82) is 0 Å². The second kappa shape index (κ2) is 8.39. The molecule has 0 saturated carbocycles. The number of rotatable bonds is 2. The van der Waals surface area contributed by atoms with Crippen LogP contribution < -0.4 is 0 Å². The van der Waals surface area contributed by atoms with E-state index in [1.54, 1.807) is 0 Å². The highest BCUT2D eigenvalue weighted by Crippen LogP contribution is 2.51. The molecule has 0 saturated heterocycles. The van der Waals surface area contributed by atoms with Gasteiger partial charge in [0.05, 0.1) is 16.4 Å². The Morgan fingerprint density at radius 1 is 0.628 bits per heavy atom. The van der Waals surface area contributed by atoms with Crippen molar-refractivity contribution in [3.05, 3.63) is 120 Å². The van der Waals surface area contributed by atoms with Crippen LogP contribution in [-0.2, 0) is 5.41 Å². The Balaban J connectivity index is 1.44. The van der Waals surface area contributed by atoms with Crippen LogP contribution in [0.5, 0.6) is 0 Å². The molecular formula is C38H28N4O. The molecule has 0 radical (unpaired) electrons. The maximum absolute atomic E-state index is 6.39. The number of para-hydroxylation sites is 1. The first-order chi connectivity index (χ1) is 20.9. The second-order valence-corrected chi connectivity index (χ2v) is 12.2. The van der Waals surface area contributed by atoms with Crippen molar-refractivity contribution in [3.8, 4) is 28.2 Å². The fourth-order valence-electron chi connectivity index (χ4n) is 7.30.